The summed E-state index contributed by atoms with van der Waals surface area (Å²) < 4.78 is 0. The minimum Gasteiger partial charge on any atom is -0.318 e. The maximum atomic E-state index is 3.34. The molecule has 4 nitrogen and oxygen atoms in total. The summed E-state index contributed by atoms with van der Waals surface area (Å²) in [6.45, 7) is 6.66. The number of likely N-dealkylation sites (N-methyl/N-ethyl adjacent to an activating group) is 2. The molecular weight excluding hydrogens is 152 g/mol. The Morgan fingerprint density at radius 1 is 1.42 bits per heavy atom. The number of piperazine rings is 1. The first-order valence-electron chi connectivity index (χ1n) is 4.66. The summed E-state index contributed by atoms with van der Waals surface area (Å²) in [5, 5.41) is 11.2. The SMILES string of the molecule is CNCCN(C)N1CCNCC1. The number of nitrogens with one attached hydrogen (secondary N) is 2. The number of hydrazine groups is 1. The lowest BCUT2D eigenvalue weighted by atomic mass is 10.4. The highest BCUT2D eigenvalue weighted by Gasteiger charge is 2.12. The molecule has 1 aliphatic heterocycles. The molecule has 4 heteroatoms. The van der Waals surface area contributed by atoms with Crippen LogP contribution in [0, 0.1) is 0 Å². The summed E-state index contributed by atoms with van der Waals surface area (Å²) in [4.78, 5) is 0. The fourth-order valence-electron chi connectivity index (χ4n) is 1.41. The Bertz CT molecular complexity index is 112. The smallest absolute Gasteiger partial charge is 0.0259 e. The minimum absolute atomic E-state index is 1.06. The van der Waals surface area contributed by atoms with Gasteiger partial charge in [-0.2, -0.15) is 0 Å². The molecule has 1 rings (SSSR count). The Morgan fingerprint density at radius 2 is 2.08 bits per heavy atom. The van der Waals surface area contributed by atoms with Crippen LogP contribution in [0.2, 0.25) is 0 Å². The molecule has 0 aromatic carbocycles. The first kappa shape index (κ1) is 9.92. The second-order valence-corrected chi connectivity index (χ2v) is 3.19. The van der Waals surface area contributed by atoms with Crippen LogP contribution in [-0.4, -0.2) is 63.4 Å². The lowest BCUT2D eigenvalue weighted by Crippen LogP contribution is -2.52. The molecular formula is C8H20N4. The van der Waals surface area contributed by atoms with Crippen LogP contribution < -0.4 is 10.6 Å². The molecule has 0 unspecified atom stereocenters. The van der Waals surface area contributed by atoms with E-state index in [1.807, 2.05) is 7.05 Å². The topological polar surface area (TPSA) is 30.5 Å². The van der Waals surface area contributed by atoms with Crippen molar-refractivity contribution in [2.24, 2.45) is 0 Å². The third-order valence-corrected chi connectivity index (χ3v) is 2.26. The van der Waals surface area contributed by atoms with Gasteiger partial charge in [0.05, 0.1) is 0 Å². The van der Waals surface area contributed by atoms with Crippen LogP contribution in [0.1, 0.15) is 0 Å². The van der Waals surface area contributed by atoms with Gasteiger partial charge in [0, 0.05) is 46.3 Å². The quantitative estimate of drug-likeness (QED) is 0.567. The van der Waals surface area contributed by atoms with Gasteiger partial charge < -0.3 is 10.6 Å². The van der Waals surface area contributed by atoms with E-state index < -0.39 is 0 Å². The summed E-state index contributed by atoms with van der Waals surface area (Å²) in [6.07, 6.45) is 0. The second-order valence-electron chi connectivity index (χ2n) is 3.19. The van der Waals surface area contributed by atoms with Crippen molar-refractivity contribution in [1.82, 2.24) is 20.7 Å². The van der Waals surface area contributed by atoms with E-state index >= 15 is 0 Å². The zero-order chi connectivity index (χ0) is 8.81. The molecule has 1 fully saturated rings. The lowest BCUT2D eigenvalue weighted by molar-refractivity contribution is -0.00875. The number of hydrogen-bond acceptors (Lipinski definition) is 4. The first-order chi connectivity index (χ1) is 5.84. The Balaban J connectivity index is 2.15. The molecule has 0 aliphatic carbocycles. The Morgan fingerprint density at radius 3 is 2.67 bits per heavy atom. The van der Waals surface area contributed by atoms with Crippen LogP contribution in [0.5, 0.6) is 0 Å². The van der Waals surface area contributed by atoms with Gasteiger partial charge in [-0.15, -0.1) is 0 Å². The van der Waals surface area contributed by atoms with Crippen LogP contribution in [0.4, 0.5) is 0 Å². The normalized spacial score (nSPS) is 20.2. The van der Waals surface area contributed by atoms with E-state index in [9.17, 15) is 0 Å². The lowest BCUT2D eigenvalue weighted by Gasteiger charge is -2.35. The molecule has 1 saturated heterocycles. The largest absolute Gasteiger partial charge is 0.318 e. The third-order valence-electron chi connectivity index (χ3n) is 2.26. The van der Waals surface area contributed by atoms with Crippen molar-refractivity contribution in [3.63, 3.8) is 0 Å². The van der Waals surface area contributed by atoms with Crippen molar-refractivity contribution in [1.29, 1.82) is 0 Å². The molecule has 0 spiro atoms. The van der Waals surface area contributed by atoms with E-state index in [0.29, 0.717) is 0 Å². The van der Waals surface area contributed by atoms with Crippen LogP contribution in [0.3, 0.4) is 0 Å². The predicted molar refractivity (Wildman–Crippen MR) is 51.0 cm³/mol. The molecule has 0 radical (unpaired) electrons. The van der Waals surface area contributed by atoms with Crippen molar-refractivity contribution in [3.8, 4) is 0 Å². The molecule has 1 heterocycles. The van der Waals surface area contributed by atoms with Gasteiger partial charge in [0.1, 0.15) is 0 Å². The fraction of sp³-hybridized carbons (Fsp3) is 1.00. The Kier molecular flexibility index (Phi) is 4.53. The fourth-order valence-corrected chi connectivity index (χ4v) is 1.41. The van der Waals surface area contributed by atoms with E-state index in [1.54, 1.807) is 0 Å². The standard InChI is InChI=1S/C8H20N4/c1-9-3-6-11(2)12-7-4-10-5-8-12/h9-10H,3-8H2,1-2H3. The van der Waals surface area contributed by atoms with Crippen LogP contribution in [0.15, 0.2) is 0 Å². The van der Waals surface area contributed by atoms with Gasteiger partial charge in [-0.1, -0.05) is 0 Å². The van der Waals surface area contributed by atoms with Crippen molar-refractivity contribution < 1.29 is 0 Å². The van der Waals surface area contributed by atoms with E-state index in [2.05, 4.69) is 27.7 Å². The molecule has 72 valence electrons. The van der Waals surface area contributed by atoms with E-state index in [1.165, 1.54) is 0 Å². The Labute approximate surface area is 74.9 Å². The maximum Gasteiger partial charge on any atom is 0.0259 e. The molecule has 0 amide bonds. The predicted octanol–water partition coefficient (Wildman–Crippen LogP) is -1.04. The van der Waals surface area contributed by atoms with Gasteiger partial charge in [-0.25, -0.2) is 10.0 Å². The third kappa shape index (κ3) is 3.06. The van der Waals surface area contributed by atoms with Crippen molar-refractivity contribution in [2.45, 2.75) is 0 Å². The molecule has 2 N–H and O–H groups in total. The van der Waals surface area contributed by atoms with Crippen LogP contribution in [0.25, 0.3) is 0 Å². The molecule has 1 aliphatic rings. The van der Waals surface area contributed by atoms with E-state index in [4.69, 9.17) is 0 Å². The maximum absolute atomic E-state index is 3.34. The van der Waals surface area contributed by atoms with Gasteiger partial charge in [-0.3, -0.25) is 0 Å². The van der Waals surface area contributed by atoms with Gasteiger partial charge in [-0.05, 0) is 7.05 Å². The monoisotopic (exact) mass is 172 g/mol. The zero-order valence-corrected chi connectivity index (χ0v) is 8.14. The number of rotatable bonds is 4. The average Bonchev–Trinajstić information content (AvgIpc) is 2.15. The van der Waals surface area contributed by atoms with Gasteiger partial charge >= 0.3 is 0 Å². The van der Waals surface area contributed by atoms with Crippen molar-refractivity contribution in [3.05, 3.63) is 0 Å². The highest BCUT2D eigenvalue weighted by molar-refractivity contribution is 4.65. The molecule has 12 heavy (non-hydrogen) atoms. The van der Waals surface area contributed by atoms with Crippen LogP contribution in [-0.2, 0) is 0 Å². The van der Waals surface area contributed by atoms with Crippen molar-refractivity contribution >= 4 is 0 Å². The first-order valence-corrected chi connectivity index (χ1v) is 4.66. The molecule has 0 bridgehead atoms. The highest BCUT2D eigenvalue weighted by Crippen LogP contribution is 1.95. The number of nitrogens with zero attached hydrogens (tertiary/aromatic N) is 2. The molecule has 0 atom stereocenters. The van der Waals surface area contributed by atoms with Gasteiger partial charge in [0.25, 0.3) is 0 Å². The van der Waals surface area contributed by atoms with Crippen molar-refractivity contribution in [2.75, 3.05) is 53.4 Å². The summed E-state index contributed by atoms with van der Waals surface area (Å²) in [7, 11) is 4.15. The highest BCUT2D eigenvalue weighted by atomic mass is 15.6. The molecule has 0 saturated carbocycles. The van der Waals surface area contributed by atoms with Crippen LogP contribution >= 0.6 is 0 Å². The molecule has 0 aromatic rings. The van der Waals surface area contributed by atoms with Gasteiger partial charge in [0.15, 0.2) is 0 Å². The minimum atomic E-state index is 1.06. The summed E-state index contributed by atoms with van der Waals surface area (Å²) >= 11 is 0. The zero-order valence-electron chi connectivity index (χ0n) is 8.14. The Hall–Kier alpha value is -0.160. The average molecular weight is 172 g/mol. The van der Waals surface area contributed by atoms with E-state index in [0.717, 1.165) is 39.3 Å². The van der Waals surface area contributed by atoms with Gasteiger partial charge in [0.2, 0.25) is 0 Å². The summed E-state index contributed by atoms with van der Waals surface area (Å²) in [5.41, 5.74) is 0. The summed E-state index contributed by atoms with van der Waals surface area (Å²) in [6, 6.07) is 0. The molecule has 0 aromatic heterocycles. The summed E-state index contributed by atoms with van der Waals surface area (Å²) in [5.74, 6) is 0. The van der Waals surface area contributed by atoms with E-state index in [-0.39, 0.29) is 0 Å². The number of hydrogen-bond donors (Lipinski definition) is 2. The second kappa shape index (κ2) is 5.48.